The molecule has 1 aliphatic rings. The highest BCUT2D eigenvalue weighted by atomic mass is 79.9. The molecular weight excluding hydrogens is 401 g/mol. The fourth-order valence-electron chi connectivity index (χ4n) is 2.38. The minimum absolute atomic E-state index is 0.0180. The van der Waals surface area contributed by atoms with Crippen LogP contribution in [0.5, 0.6) is 0 Å². The molecule has 1 atom stereocenters. The summed E-state index contributed by atoms with van der Waals surface area (Å²) >= 11 is 3.14. The summed E-state index contributed by atoms with van der Waals surface area (Å²) in [6, 6.07) is 4.96. The summed E-state index contributed by atoms with van der Waals surface area (Å²) in [7, 11) is -3.97. The molecule has 23 heavy (non-hydrogen) atoms. The number of benzene rings is 1. The van der Waals surface area contributed by atoms with Crippen LogP contribution in [-0.4, -0.2) is 43.9 Å². The maximum absolute atomic E-state index is 12.7. The molecule has 1 heterocycles. The van der Waals surface area contributed by atoms with Gasteiger partial charge in [0.2, 0.25) is 15.9 Å². The first-order chi connectivity index (χ1) is 10.6. The molecule has 0 saturated carbocycles. The van der Waals surface area contributed by atoms with Gasteiger partial charge >= 0.3 is 6.18 Å². The first-order valence-electron chi connectivity index (χ1n) is 6.74. The normalized spacial score (nSPS) is 19.7. The molecule has 1 amide bonds. The van der Waals surface area contributed by atoms with Gasteiger partial charge in [-0.2, -0.15) is 17.5 Å². The van der Waals surface area contributed by atoms with E-state index in [1.165, 1.54) is 12.1 Å². The lowest BCUT2D eigenvalue weighted by Gasteiger charge is -2.24. The van der Waals surface area contributed by atoms with E-state index in [1.54, 1.807) is 17.4 Å². The quantitative estimate of drug-likeness (QED) is 0.821. The Balaban J connectivity index is 2.21. The Morgan fingerprint density at radius 1 is 1.35 bits per heavy atom. The van der Waals surface area contributed by atoms with E-state index < -0.39 is 34.7 Å². The molecule has 1 N–H and O–H groups in total. The summed E-state index contributed by atoms with van der Waals surface area (Å²) in [5.41, 5.74) is 0. The van der Waals surface area contributed by atoms with E-state index in [4.69, 9.17) is 0 Å². The van der Waals surface area contributed by atoms with Crippen LogP contribution < -0.4 is 5.32 Å². The highest BCUT2D eigenvalue weighted by Crippen LogP contribution is 2.30. The second kappa shape index (κ2) is 6.78. The molecule has 5 nitrogen and oxygen atoms in total. The fraction of sp³-hybridized carbons (Fsp3) is 0.462. The summed E-state index contributed by atoms with van der Waals surface area (Å²) in [5.74, 6) is -0.935. The molecule has 0 radical (unpaired) electrons. The Hall–Kier alpha value is -1.13. The third kappa shape index (κ3) is 4.24. The standard InChI is InChI=1S/C13H14BrF3N2O3S/c14-9-4-1-2-6-11(9)23(21,22)19-7-3-5-10(19)12(20)18-8-13(15,16)17/h1-2,4,6,10H,3,5,7-8H2,(H,18,20). The van der Waals surface area contributed by atoms with Crippen LogP contribution in [0.2, 0.25) is 0 Å². The lowest BCUT2D eigenvalue weighted by Crippen LogP contribution is -2.47. The Kier molecular flexibility index (Phi) is 5.37. The molecule has 0 aromatic heterocycles. The minimum Gasteiger partial charge on any atom is -0.346 e. The number of sulfonamides is 1. The van der Waals surface area contributed by atoms with E-state index in [0.29, 0.717) is 10.9 Å². The molecule has 0 spiro atoms. The summed E-state index contributed by atoms with van der Waals surface area (Å²) < 4.78 is 63.2. The topological polar surface area (TPSA) is 66.5 Å². The van der Waals surface area contributed by atoms with E-state index in [1.807, 2.05) is 0 Å². The number of rotatable bonds is 4. The lowest BCUT2D eigenvalue weighted by atomic mass is 10.2. The van der Waals surface area contributed by atoms with Crippen LogP contribution in [0, 0.1) is 0 Å². The summed E-state index contributed by atoms with van der Waals surface area (Å²) in [5, 5.41) is 1.75. The van der Waals surface area contributed by atoms with Crippen molar-refractivity contribution in [3.05, 3.63) is 28.7 Å². The third-order valence-corrected chi connectivity index (χ3v) is 6.31. The molecule has 1 aliphatic heterocycles. The smallest absolute Gasteiger partial charge is 0.346 e. The van der Waals surface area contributed by atoms with Gasteiger partial charge in [0.25, 0.3) is 0 Å². The van der Waals surface area contributed by atoms with Crippen molar-refractivity contribution in [2.24, 2.45) is 0 Å². The monoisotopic (exact) mass is 414 g/mol. The number of carbonyl (C=O) groups is 1. The molecule has 1 aromatic rings. The molecule has 1 fully saturated rings. The van der Waals surface area contributed by atoms with Crippen LogP contribution in [0.15, 0.2) is 33.6 Å². The number of hydrogen-bond donors (Lipinski definition) is 1. The second-order valence-corrected chi connectivity index (χ2v) is 7.75. The molecule has 0 aliphatic carbocycles. The van der Waals surface area contributed by atoms with E-state index in [2.05, 4.69) is 15.9 Å². The van der Waals surface area contributed by atoms with Gasteiger partial charge in [-0.15, -0.1) is 0 Å². The maximum atomic E-state index is 12.7. The minimum atomic E-state index is -4.54. The van der Waals surface area contributed by atoms with Crippen LogP contribution >= 0.6 is 15.9 Å². The number of nitrogens with zero attached hydrogens (tertiary/aromatic N) is 1. The van der Waals surface area contributed by atoms with Crippen molar-refractivity contribution in [3.8, 4) is 0 Å². The Labute approximate surface area is 140 Å². The van der Waals surface area contributed by atoms with Crippen molar-refractivity contribution in [1.82, 2.24) is 9.62 Å². The number of nitrogens with one attached hydrogen (secondary N) is 1. The Morgan fingerprint density at radius 3 is 2.61 bits per heavy atom. The van der Waals surface area contributed by atoms with Crippen molar-refractivity contribution < 1.29 is 26.4 Å². The zero-order chi connectivity index (χ0) is 17.3. The first-order valence-corrected chi connectivity index (χ1v) is 8.97. The van der Waals surface area contributed by atoms with Gasteiger partial charge in [-0.3, -0.25) is 4.79 Å². The van der Waals surface area contributed by atoms with Gasteiger partial charge in [0.1, 0.15) is 12.6 Å². The predicted octanol–water partition coefficient (Wildman–Crippen LogP) is 2.28. The van der Waals surface area contributed by atoms with Crippen LogP contribution in [0.25, 0.3) is 0 Å². The SMILES string of the molecule is O=C(NCC(F)(F)F)C1CCCN1S(=O)(=O)c1ccccc1Br. The third-order valence-electron chi connectivity index (χ3n) is 3.39. The number of carbonyl (C=O) groups excluding carboxylic acids is 1. The molecule has 0 bridgehead atoms. The molecule has 1 aromatic carbocycles. The van der Waals surface area contributed by atoms with Crippen molar-refractivity contribution in [3.63, 3.8) is 0 Å². The number of hydrogen-bond acceptors (Lipinski definition) is 3. The van der Waals surface area contributed by atoms with E-state index in [0.717, 1.165) is 4.31 Å². The van der Waals surface area contributed by atoms with Crippen LogP contribution in [-0.2, 0) is 14.8 Å². The molecule has 1 saturated heterocycles. The predicted molar refractivity (Wildman–Crippen MR) is 80.1 cm³/mol. The second-order valence-electron chi connectivity index (χ2n) is 5.04. The van der Waals surface area contributed by atoms with Crippen molar-refractivity contribution >= 4 is 31.9 Å². The highest BCUT2D eigenvalue weighted by Gasteiger charge is 2.41. The van der Waals surface area contributed by atoms with Gasteiger partial charge in [-0.1, -0.05) is 12.1 Å². The van der Waals surface area contributed by atoms with Crippen molar-refractivity contribution in [2.75, 3.05) is 13.1 Å². The number of halogens is 4. The van der Waals surface area contributed by atoms with Gasteiger partial charge in [0.15, 0.2) is 0 Å². The summed E-state index contributed by atoms with van der Waals surface area (Å²) in [6.45, 7) is -1.39. The first kappa shape index (κ1) is 18.2. The average Bonchev–Trinajstić information content (AvgIpc) is 2.94. The molecule has 2 rings (SSSR count). The molecule has 1 unspecified atom stereocenters. The van der Waals surface area contributed by atoms with Gasteiger partial charge < -0.3 is 5.32 Å². The molecular formula is C13H14BrF3N2O3S. The van der Waals surface area contributed by atoms with E-state index in [9.17, 15) is 26.4 Å². The number of alkyl halides is 3. The Morgan fingerprint density at radius 2 is 2.00 bits per heavy atom. The molecule has 10 heteroatoms. The maximum Gasteiger partial charge on any atom is 0.405 e. The van der Waals surface area contributed by atoms with Crippen LogP contribution in [0.3, 0.4) is 0 Å². The lowest BCUT2D eigenvalue weighted by molar-refractivity contribution is -0.140. The van der Waals surface area contributed by atoms with Gasteiger partial charge in [-0.05, 0) is 40.9 Å². The molecule has 128 valence electrons. The van der Waals surface area contributed by atoms with E-state index >= 15 is 0 Å². The van der Waals surface area contributed by atoms with Crippen molar-refractivity contribution in [2.45, 2.75) is 30.0 Å². The van der Waals surface area contributed by atoms with Crippen LogP contribution in [0.4, 0.5) is 13.2 Å². The largest absolute Gasteiger partial charge is 0.405 e. The van der Waals surface area contributed by atoms with Crippen LogP contribution in [0.1, 0.15) is 12.8 Å². The van der Waals surface area contributed by atoms with Gasteiger partial charge in [0, 0.05) is 11.0 Å². The van der Waals surface area contributed by atoms with Crippen molar-refractivity contribution in [1.29, 1.82) is 0 Å². The van der Waals surface area contributed by atoms with Gasteiger partial charge in [-0.25, -0.2) is 8.42 Å². The fourth-order valence-corrected chi connectivity index (χ4v) is 5.00. The zero-order valence-electron chi connectivity index (χ0n) is 11.8. The highest BCUT2D eigenvalue weighted by molar-refractivity contribution is 9.10. The van der Waals surface area contributed by atoms with Gasteiger partial charge in [0.05, 0.1) is 4.90 Å². The van der Waals surface area contributed by atoms with E-state index in [-0.39, 0.29) is 17.9 Å². The summed E-state index contributed by atoms with van der Waals surface area (Å²) in [6.07, 6.45) is -3.94. The Bertz CT molecular complexity index is 694. The number of amides is 1. The average molecular weight is 415 g/mol. The zero-order valence-corrected chi connectivity index (χ0v) is 14.2. The summed E-state index contributed by atoms with van der Waals surface area (Å²) in [4.78, 5) is 11.9.